The number of carbonyl (C=O) groups is 2. The Kier molecular flexibility index (Phi) is 5.15. The summed E-state index contributed by atoms with van der Waals surface area (Å²) in [5, 5.41) is 11.0. The first kappa shape index (κ1) is 12.9. The van der Waals surface area contributed by atoms with Crippen molar-refractivity contribution in [3.63, 3.8) is 0 Å². The van der Waals surface area contributed by atoms with Gasteiger partial charge in [-0.2, -0.15) is 0 Å². The van der Waals surface area contributed by atoms with Crippen molar-refractivity contribution in [1.82, 2.24) is 5.32 Å². The molecule has 2 atom stereocenters. The van der Waals surface area contributed by atoms with E-state index in [1.165, 1.54) is 0 Å². The number of nitrogens with one attached hydrogen (secondary N) is 1. The lowest BCUT2D eigenvalue weighted by Crippen LogP contribution is -2.47. The molecule has 0 aliphatic carbocycles. The maximum atomic E-state index is 11.3. The summed E-state index contributed by atoms with van der Waals surface area (Å²) in [7, 11) is 0. The molecule has 82 valence electrons. The van der Waals surface area contributed by atoms with E-state index >= 15 is 0 Å². The Morgan fingerprint density at radius 2 is 1.86 bits per heavy atom. The summed E-state index contributed by atoms with van der Waals surface area (Å²) in [6, 6.07) is -0.962. The third-order valence-corrected chi connectivity index (χ3v) is 1.89. The van der Waals surface area contributed by atoms with Crippen molar-refractivity contribution < 1.29 is 14.7 Å². The lowest BCUT2D eigenvalue weighted by Gasteiger charge is -2.18. The maximum absolute atomic E-state index is 11.3. The van der Waals surface area contributed by atoms with Crippen LogP contribution in [0.15, 0.2) is 0 Å². The Labute approximate surface area is 83.7 Å². The van der Waals surface area contributed by atoms with Gasteiger partial charge in [0.2, 0.25) is 5.91 Å². The Balaban J connectivity index is 3.99. The minimum Gasteiger partial charge on any atom is -0.481 e. The molecular weight excluding hydrogens is 184 g/mol. The van der Waals surface area contributed by atoms with Gasteiger partial charge in [-0.05, 0) is 12.8 Å². The monoisotopic (exact) mass is 202 g/mol. The van der Waals surface area contributed by atoms with Crippen LogP contribution in [0.5, 0.6) is 0 Å². The molecule has 0 heterocycles. The van der Waals surface area contributed by atoms with Crippen molar-refractivity contribution in [3.8, 4) is 0 Å². The fourth-order valence-electron chi connectivity index (χ4n) is 0.955. The molecule has 1 amide bonds. The standard InChI is InChI=1S/C9H18N2O3/c1-5(2)8(10)9(14)11-6(3)4-7(12)13/h5-6,8H,4,10H2,1-3H3,(H,11,14)(H,12,13)/t6?,8-/m0/s1. The number of aliphatic carboxylic acids is 1. The molecule has 0 radical (unpaired) electrons. The Hall–Kier alpha value is -1.10. The first-order chi connectivity index (χ1) is 6.34. The van der Waals surface area contributed by atoms with Crippen LogP contribution < -0.4 is 11.1 Å². The van der Waals surface area contributed by atoms with Gasteiger partial charge in [0.1, 0.15) is 0 Å². The van der Waals surface area contributed by atoms with Crippen LogP contribution in [0.25, 0.3) is 0 Å². The minimum absolute atomic E-state index is 0.0482. The second-order valence-corrected chi connectivity index (χ2v) is 3.78. The smallest absolute Gasteiger partial charge is 0.305 e. The molecule has 0 fully saturated rings. The predicted octanol–water partition coefficient (Wildman–Crippen LogP) is -0.0509. The zero-order valence-corrected chi connectivity index (χ0v) is 8.78. The largest absolute Gasteiger partial charge is 0.481 e. The van der Waals surface area contributed by atoms with Crippen LogP contribution in [-0.2, 0) is 9.59 Å². The fraction of sp³-hybridized carbons (Fsp3) is 0.778. The van der Waals surface area contributed by atoms with Crippen molar-refractivity contribution in [2.75, 3.05) is 0 Å². The summed E-state index contributed by atoms with van der Waals surface area (Å²) < 4.78 is 0. The van der Waals surface area contributed by atoms with Gasteiger partial charge >= 0.3 is 5.97 Å². The first-order valence-electron chi connectivity index (χ1n) is 4.62. The molecular formula is C9H18N2O3. The third kappa shape index (κ3) is 4.81. The topological polar surface area (TPSA) is 92.4 Å². The highest BCUT2D eigenvalue weighted by Gasteiger charge is 2.19. The quantitative estimate of drug-likeness (QED) is 0.582. The van der Waals surface area contributed by atoms with Gasteiger partial charge in [0.05, 0.1) is 12.5 Å². The van der Waals surface area contributed by atoms with E-state index in [4.69, 9.17) is 10.8 Å². The average molecular weight is 202 g/mol. The molecule has 5 heteroatoms. The molecule has 14 heavy (non-hydrogen) atoms. The van der Waals surface area contributed by atoms with Crippen LogP contribution in [0.2, 0.25) is 0 Å². The van der Waals surface area contributed by atoms with Crippen LogP contribution in [0.3, 0.4) is 0 Å². The number of carboxylic acids is 1. The molecule has 0 spiro atoms. The minimum atomic E-state index is -0.934. The van der Waals surface area contributed by atoms with Gasteiger partial charge in [0, 0.05) is 6.04 Å². The molecule has 0 aliphatic rings. The molecule has 0 saturated carbocycles. The van der Waals surface area contributed by atoms with Crippen LogP contribution in [0, 0.1) is 5.92 Å². The molecule has 4 N–H and O–H groups in total. The lowest BCUT2D eigenvalue weighted by atomic mass is 10.0. The second kappa shape index (κ2) is 5.59. The van der Waals surface area contributed by atoms with Crippen molar-refractivity contribution in [1.29, 1.82) is 0 Å². The molecule has 5 nitrogen and oxygen atoms in total. The van der Waals surface area contributed by atoms with Crippen molar-refractivity contribution in [2.24, 2.45) is 11.7 Å². The van der Waals surface area contributed by atoms with Gasteiger partial charge in [-0.15, -0.1) is 0 Å². The van der Waals surface area contributed by atoms with E-state index in [-0.39, 0.29) is 24.3 Å². The van der Waals surface area contributed by atoms with E-state index in [0.29, 0.717) is 0 Å². The number of hydrogen-bond acceptors (Lipinski definition) is 3. The number of hydrogen-bond donors (Lipinski definition) is 3. The highest BCUT2D eigenvalue weighted by Crippen LogP contribution is 1.99. The predicted molar refractivity (Wildman–Crippen MR) is 52.7 cm³/mol. The van der Waals surface area contributed by atoms with Gasteiger partial charge in [-0.3, -0.25) is 9.59 Å². The summed E-state index contributed by atoms with van der Waals surface area (Å²) in [4.78, 5) is 21.7. The van der Waals surface area contributed by atoms with Gasteiger partial charge in [0.15, 0.2) is 0 Å². The number of amides is 1. The van der Waals surface area contributed by atoms with Crippen LogP contribution in [0.1, 0.15) is 27.2 Å². The highest BCUT2D eigenvalue weighted by molar-refractivity contribution is 5.82. The molecule has 1 unspecified atom stereocenters. The van der Waals surface area contributed by atoms with Crippen molar-refractivity contribution in [3.05, 3.63) is 0 Å². The number of nitrogens with two attached hydrogens (primary N) is 1. The van der Waals surface area contributed by atoms with E-state index < -0.39 is 12.0 Å². The molecule has 0 aliphatic heterocycles. The summed E-state index contributed by atoms with van der Waals surface area (Å²) in [6.45, 7) is 5.32. The van der Waals surface area contributed by atoms with E-state index in [2.05, 4.69) is 5.32 Å². The van der Waals surface area contributed by atoms with E-state index in [0.717, 1.165) is 0 Å². The summed E-state index contributed by atoms with van der Waals surface area (Å²) >= 11 is 0. The van der Waals surface area contributed by atoms with E-state index in [1.54, 1.807) is 6.92 Å². The van der Waals surface area contributed by atoms with Crippen LogP contribution in [-0.4, -0.2) is 29.1 Å². The van der Waals surface area contributed by atoms with Gasteiger partial charge in [-0.25, -0.2) is 0 Å². The third-order valence-electron chi connectivity index (χ3n) is 1.89. The lowest BCUT2D eigenvalue weighted by molar-refractivity contribution is -0.137. The van der Waals surface area contributed by atoms with Crippen molar-refractivity contribution in [2.45, 2.75) is 39.3 Å². The first-order valence-corrected chi connectivity index (χ1v) is 4.62. The van der Waals surface area contributed by atoms with Gasteiger partial charge in [0.25, 0.3) is 0 Å². The fourth-order valence-corrected chi connectivity index (χ4v) is 0.955. The number of carboxylic acid groups (broad SMARTS) is 1. The second-order valence-electron chi connectivity index (χ2n) is 3.78. The molecule has 0 aromatic carbocycles. The molecule has 0 saturated heterocycles. The molecule has 0 rings (SSSR count). The van der Waals surface area contributed by atoms with Crippen LogP contribution >= 0.6 is 0 Å². The normalized spacial score (nSPS) is 14.9. The van der Waals surface area contributed by atoms with E-state index in [9.17, 15) is 9.59 Å². The van der Waals surface area contributed by atoms with Crippen molar-refractivity contribution >= 4 is 11.9 Å². The zero-order valence-electron chi connectivity index (χ0n) is 8.78. The highest BCUT2D eigenvalue weighted by atomic mass is 16.4. The average Bonchev–Trinajstić information content (AvgIpc) is 2.00. The SMILES string of the molecule is CC(CC(=O)O)NC(=O)[C@@H](N)C(C)C. The van der Waals surface area contributed by atoms with E-state index in [1.807, 2.05) is 13.8 Å². The maximum Gasteiger partial charge on any atom is 0.305 e. The molecule has 0 aromatic heterocycles. The Bertz CT molecular complexity index is 216. The zero-order chi connectivity index (χ0) is 11.3. The summed E-state index contributed by atoms with van der Waals surface area (Å²) in [5.74, 6) is -1.18. The van der Waals surface area contributed by atoms with Crippen LogP contribution in [0.4, 0.5) is 0 Å². The summed E-state index contributed by atoms with van der Waals surface area (Å²) in [6.07, 6.45) is -0.0868. The Morgan fingerprint density at radius 3 is 2.21 bits per heavy atom. The Morgan fingerprint density at radius 1 is 1.36 bits per heavy atom. The summed E-state index contributed by atoms with van der Waals surface area (Å²) in [5.41, 5.74) is 5.58. The van der Waals surface area contributed by atoms with Gasteiger partial charge in [-0.1, -0.05) is 13.8 Å². The van der Waals surface area contributed by atoms with Gasteiger partial charge < -0.3 is 16.2 Å². The number of carbonyl (C=O) groups excluding carboxylic acids is 1. The number of rotatable bonds is 5. The molecule has 0 aromatic rings. The molecule has 0 bridgehead atoms.